The molecule has 1 aromatic rings. The number of aromatic hydroxyl groups is 2. The summed E-state index contributed by atoms with van der Waals surface area (Å²) in [5.41, 5.74) is 0. The van der Waals surface area contributed by atoms with Crippen molar-refractivity contribution in [1.29, 1.82) is 0 Å². The molecule has 2 N–H and O–H groups in total. The van der Waals surface area contributed by atoms with Crippen molar-refractivity contribution in [3.8, 4) is 24.1 Å². The molecule has 1 unspecified atom stereocenters. The van der Waals surface area contributed by atoms with E-state index in [0.717, 1.165) is 12.8 Å². The van der Waals surface area contributed by atoms with E-state index in [1.807, 2.05) is 0 Å². The number of hydrogen-bond acceptors (Lipinski definition) is 2. The Hall–Kier alpha value is -1.56. The molecule has 1 atom stereocenters. The van der Waals surface area contributed by atoms with E-state index >= 15 is 0 Å². The van der Waals surface area contributed by atoms with E-state index in [2.05, 4.69) is 5.92 Å². The maximum absolute atomic E-state index is 9.79. The number of terminal acetylenes is 1. The van der Waals surface area contributed by atoms with Gasteiger partial charge in [-0.1, -0.05) is 19.3 Å². The number of aromatic nitrogens is 1. The van der Waals surface area contributed by atoms with Crippen LogP contribution >= 0.6 is 0 Å². The summed E-state index contributed by atoms with van der Waals surface area (Å²) in [4.78, 5) is 0. The van der Waals surface area contributed by atoms with Crippen LogP contribution in [0.2, 0.25) is 0 Å². The lowest BCUT2D eigenvalue weighted by Crippen LogP contribution is -2.21. The third-order valence-electron chi connectivity index (χ3n) is 3.73. The van der Waals surface area contributed by atoms with Gasteiger partial charge in [-0.3, -0.25) is 4.57 Å². The van der Waals surface area contributed by atoms with Gasteiger partial charge in [0.1, 0.15) is 0 Å². The number of rotatable bonds is 3. The third-order valence-corrected chi connectivity index (χ3v) is 3.73. The summed E-state index contributed by atoms with van der Waals surface area (Å²) >= 11 is 0. The van der Waals surface area contributed by atoms with E-state index in [4.69, 9.17) is 6.42 Å². The van der Waals surface area contributed by atoms with Gasteiger partial charge < -0.3 is 10.2 Å². The molecule has 0 radical (unpaired) electrons. The molecule has 0 saturated heterocycles. The van der Waals surface area contributed by atoms with Crippen molar-refractivity contribution in [3.05, 3.63) is 12.1 Å². The summed E-state index contributed by atoms with van der Waals surface area (Å²) in [5, 5.41) is 19.6. The smallest absolute Gasteiger partial charge is 0.194 e. The van der Waals surface area contributed by atoms with Gasteiger partial charge in [-0.25, -0.2) is 0 Å². The molecule has 3 nitrogen and oxygen atoms in total. The first kappa shape index (κ1) is 11.9. The van der Waals surface area contributed by atoms with Crippen LogP contribution in [0, 0.1) is 18.3 Å². The fraction of sp³-hybridized carbons (Fsp3) is 0.571. The van der Waals surface area contributed by atoms with Crippen molar-refractivity contribution in [2.75, 3.05) is 0 Å². The molecule has 0 amide bonds. The molecule has 1 aliphatic rings. The zero-order valence-electron chi connectivity index (χ0n) is 9.97. The normalized spacial score (nSPS) is 18.8. The lowest BCUT2D eigenvalue weighted by Gasteiger charge is -2.31. The summed E-state index contributed by atoms with van der Waals surface area (Å²) in [6, 6.07) is 3.05. The molecule has 0 aliphatic heterocycles. The van der Waals surface area contributed by atoms with Crippen LogP contribution in [0.25, 0.3) is 0 Å². The van der Waals surface area contributed by atoms with Gasteiger partial charge in [-0.15, -0.1) is 12.3 Å². The van der Waals surface area contributed by atoms with Crippen LogP contribution in [0.5, 0.6) is 11.8 Å². The molecule has 0 bridgehead atoms. The summed E-state index contributed by atoms with van der Waals surface area (Å²) in [7, 11) is 0. The van der Waals surface area contributed by atoms with Crippen molar-refractivity contribution < 1.29 is 10.2 Å². The Bertz CT molecular complexity index is 391. The largest absolute Gasteiger partial charge is 0.494 e. The zero-order valence-corrected chi connectivity index (χ0v) is 9.97. The highest BCUT2D eigenvalue weighted by Gasteiger charge is 2.27. The van der Waals surface area contributed by atoms with E-state index in [1.165, 1.54) is 31.4 Å². The van der Waals surface area contributed by atoms with Crippen LogP contribution in [0.3, 0.4) is 0 Å². The average Bonchev–Trinajstić information content (AvgIpc) is 2.68. The Balaban J connectivity index is 2.25. The Kier molecular flexibility index (Phi) is 3.63. The monoisotopic (exact) mass is 233 g/mol. The van der Waals surface area contributed by atoms with Gasteiger partial charge in [0.25, 0.3) is 0 Å². The minimum atomic E-state index is 0.0234. The lowest BCUT2D eigenvalue weighted by atomic mass is 9.82. The molecule has 0 spiro atoms. The highest BCUT2D eigenvalue weighted by Crippen LogP contribution is 2.39. The second kappa shape index (κ2) is 5.18. The Morgan fingerprint density at radius 2 is 1.82 bits per heavy atom. The van der Waals surface area contributed by atoms with Crippen molar-refractivity contribution in [2.24, 2.45) is 5.92 Å². The van der Waals surface area contributed by atoms with Gasteiger partial charge in [0.05, 0.1) is 6.04 Å². The summed E-state index contributed by atoms with van der Waals surface area (Å²) in [6.45, 7) is 0. The second-order valence-electron chi connectivity index (χ2n) is 4.79. The first-order valence-corrected chi connectivity index (χ1v) is 6.26. The minimum absolute atomic E-state index is 0.0234. The third kappa shape index (κ3) is 2.41. The van der Waals surface area contributed by atoms with Crippen molar-refractivity contribution >= 4 is 0 Å². The van der Waals surface area contributed by atoms with Crippen molar-refractivity contribution in [1.82, 2.24) is 4.57 Å². The van der Waals surface area contributed by atoms with Gasteiger partial charge in [-0.2, -0.15) is 0 Å². The van der Waals surface area contributed by atoms with Gasteiger partial charge >= 0.3 is 0 Å². The highest BCUT2D eigenvalue weighted by molar-refractivity contribution is 5.25. The van der Waals surface area contributed by atoms with Crippen LogP contribution in [0.4, 0.5) is 0 Å². The molecule has 1 aromatic heterocycles. The molecule has 0 aromatic carbocycles. The fourth-order valence-electron chi connectivity index (χ4n) is 2.88. The summed E-state index contributed by atoms with van der Waals surface area (Å²) in [6.07, 6.45) is 11.9. The lowest BCUT2D eigenvalue weighted by molar-refractivity contribution is 0.221. The molecular formula is C14H19NO2. The van der Waals surface area contributed by atoms with Gasteiger partial charge in [0, 0.05) is 18.6 Å². The van der Waals surface area contributed by atoms with E-state index in [9.17, 15) is 10.2 Å². The first-order chi connectivity index (χ1) is 8.24. The quantitative estimate of drug-likeness (QED) is 0.788. The SMILES string of the molecule is C#CCC(C1CCCCC1)n1c(O)ccc1O. The minimum Gasteiger partial charge on any atom is -0.494 e. The van der Waals surface area contributed by atoms with Crippen molar-refractivity contribution in [3.63, 3.8) is 0 Å². The fourth-order valence-corrected chi connectivity index (χ4v) is 2.88. The maximum Gasteiger partial charge on any atom is 0.194 e. The van der Waals surface area contributed by atoms with Crippen LogP contribution in [-0.2, 0) is 0 Å². The molecule has 1 aliphatic carbocycles. The predicted molar refractivity (Wildman–Crippen MR) is 66.8 cm³/mol. The number of hydrogen-bond donors (Lipinski definition) is 2. The van der Waals surface area contributed by atoms with E-state index in [-0.39, 0.29) is 17.8 Å². The summed E-state index contributed by atoms with van der Waals surface area (Å²) in [5.74, 6) is 3.34. The highest BCUT2D eigenvalue weighted by atomic mass is 16.3. The van der Waals surface area contributed by atoms with E-state index in [1.54, 1.807) is 4.57 Å². The van der Waals surface area contributed by atoms with Crippen LogP contribution in [0.1, 0.15) is 44.6 Å². The Morgan fingerprint density at radius 3 is 2.35 bits per heavy atom. The van der Waals surface area contributed by atoms with Crippen LogP contribution in [0.15, 0.2) is 12.1 Å². The molecule has 1 fully saturated rings. The van der Waals surface area contributed by atoms with E-state index < -0.39 is 0 Å². The van der Waals surface area contributed by atoms with E-state index in [0.29, 0.717) is 12.3 Å². The molecule has 3 heteroatoms. The second-order valence-corrected chi connectivity index (χ2v) is 4.79. The molecule has 92 valence electrons. The molecule has 17 heavy (non-hydrogen) atoms. The topological polar surface area (TPSA) is 45.4 Å². The van der Waals surface area contributed by atoms with Gasteiger partial charge in [0.15, 0.2) is 11.8 Å². The zero-order chi connectivity index (χ0) is 12.3. The Labute approximate surface area is 102 Å². The molecular weight excluding hydrogens is 214 g/mol. The van der Waals surface area contributed by atoms with Crippen LogP contribution < -0.4 is 0 Å². The average molecular weight is 233 g/mol. The van der Waals surface area contributed by atoms with Gasteiger partial charge in [-0.05, 0) is 18.8 Å². The van der Waals surface area contributed by atoms with Crippen molar-refractivity contribution in [2.45, 2.75) is 44.6 Å². The maximum atomic E-state index is 9.79. The standard InChI is InChI=1S/C14H19NO2/c1-2-6-12(11-7-4-3-5-8-11)15-13(16)9-10-14(15)17/h1,9-12,16-17H,3-8H2. The Morgan fingerprint density at radius 1 is 1.24 bits per heavy atom. The molecule has 1 heterocycles. The van der Waals surface area contributed by atoms with Crippen LogP contribution in [-0.4, -0.2) is 14.8 Å². The summed E-state index contributed by atoms with van der Waals surface area (Å²) < 4.78 is 1.58. The molecule has 1 saturated carbocycles. The predicted octanol–water partition coefficient (Wildman–Crippen LogP) is 3.04. The molecule has 2 rings (SSSR count). The van der Waals surface area contributed by atoms with Gasteiger partial charge in [0.2, 0.25) is 0 Å². The first-order valence-electron chi connectivity index (χ1n) is 6.26. The number of nitrogens with zero attached hydrogens (tertiary/aromatic N) is 1.